The molecule has 3 aromatic rings. The maximum absolute atomic E-state index is 13.0. The van der Waals surface area contributed by atoms with Gasteiger partial charge in [0.1, 0.15) is 11.1 Å². The molecule has 2 aromatic carbocycles. The number of carbonyl (C=O) groups excluding carboxylic acids is 1. The van der Waals surface area contributed by atoms with Crippen LogP contribution >= 0.6 is 11.6 Å². The van der Waals surface area contributed by atoms with Crippen LogP contribution < -0.4 is 10.9 Å². The van der Waals surface area contributed by atoms with Gasteiger partial charge in [-0.25, -0.2) is 4.99 Å². The van der Waals surface area contributed by atoms with Crippen LogP contribution in [-0.2, 0) is 4.74 Å². The average molecular weight is 411 g/mol. The fraction of sp³-hybridized carbons (Fsp3) is 0.304. The molecule has 29 heavy (non-hydrogen) atoms. The summed E-state index contributed by atoms with van der Waals surface area (Å²) < 4.78 is 11.6. The van der Waals surface area contributed by atoms with E-state index in [-0.39, 0.29) is 17.6 Å². The summed E-state index contributed by atoms with van der Waals surface area (Å²) in [7, 11) is 0. The summed E-state index contributed by atoms with van der Waals surface area (Å²) >= 11 is 6.12. The molecular weight excluding hydrogens is 388 g/mol. The fourth-order valence-electron chi connectivity index (χ4n) is 3.42. The highest BCUT2D eigenvalue weighted by Gasteiger charge is 2.18. The van der Waals surface area contributed by atoms with Gasteiger partial charge in [-0.3, -0.25) is 4.79 Å². The minimum Gasteiger partial charge on any atom is -0.438 e. The third kappa shape index (κ3) is 4.36. The largest absolute Gasteiger partial charge is 0.438 e. The van der Waals surface area contributed by atoms with Gasteiger partial charge in [0, 0.05) is 23.6 Å². The predicted octanol–water partition coefficient (Wildman–Crippen LogP) is 4.84. The zero-order valence-corrected chi connectivity index (χ0v) is 17.3. The maximum atomic E-state index is 13.0. The number of ether oxygens (including phenoxy) is 1. The standard InChI is InChI=1S/C23H23ClN2O3/c1-14-5-3-7-20(15(14)2)26-23-19(22(27)25-13-18-6-4-10-28-18)12-16-11-17(24)8-9-21(16)29-23/h3,5,7-9,11-12,18H,4,6,10,13H2,1-2H3,(H,25,27)/t18-/m1/s1. The van der Waals surface area contributed by atoms with Crippen LogP contribution in [0.1, 0.15) is 34.3 Å². The van der Waals surface area contributed by atoms with Crippen LogP contribution in [0.25, 0.3) is 11.0 Å². The SMILES string of the molecule is Cc1cccc(N=c2oc3ccc(Cl)cc3cc2C(=O)NC[C@H]2CCCO2)c1C. The topological polar surface area (TPSA) is 63.8 Å². The number of hydrogen-bond donors (Lipinski definition) is 1. The van der Waals surface area contributed by atoms with Crippen LogP contribution in [0.5, 0.6) is 0 Å². The Balaban J connectivity index is 1.79. The van der Waals surface area contributed by atoms with Gasteiger partial charge in [-0.05, 0) is 68.1 Å². The van der Waals surface area contributed by atoms with Crippen molar-refractivity contribution in [2.45, 2.75) is 32.8 Å². The van der Waals surface area contributed by atoms with Gasteiger partial charge < -0.3 is 14.5 Å². The molecule has 1 saturated heterocycles. The summed E-state index contributed by atoms with van der Waals surface area (Å²) in [4.78, 5) is 17.7. The molecule has 5 nitrogen and oxygen atoms in total. The zero-order chi connectivity index (χ0) is 20.4. The lowest BCUT2D eigenvalue weighted by molar-refractivity contribution is 0.0854. The van der Waals surface area contributed by atoms with E-state index in [2.05, 4.69) is 10.3 Å². The van der Waals surface area contributed by atoms with Crippen molar-refractivity contribution in [1.82, 2.24) is 5.32 Å². The second kappa shape index (κ2) is 8.39. The summed E-state index contributed by atoms with van der Waals surface area (Å²) in [6.07, 6.45) is 2.04. The van der Waals surface area contributed by atoms with E-state index in [1.807, 2.05) is 32.0 Å². The predicted molar refractivity (Wildman–Crippen MR) is 114 cm³/mol. The summed E-state index contributed by atoms with van der Waals surface area (Å²) in [5.41, 5.74) is 4.22. The van der Waals surface area contributed by atoms with Gasteiger partial charge in [0.15, 0.2) is 0 Å². The minimum atomic E-state index is -0.241. The lowest BCUT2D eigenvalue weighted by atomic mass is 10.1. The second-order valence-electron chi connectivity index (χ2n) is 7.32. The summed E-state index contributed by atoms with van der Waals surface area (Å²) in [6.45, 7) is 5.25. The van der Waals surface area contributed by atoms with Gasteiger partial charge in [-0.2, -0.15) is 0 Å². The van der Waals surface area contributed by atoms with Crippen molar-refractivity contribution in [1.29, 1.82) is 0 Å². The van der Waals surface area contributed by atoms with Gasteiger partial charge in [-0.15, -0.1) is 0 Å². The van der Waals surface area contributed by atoms with Gasteiger partial charge in [-0.1, -0.05) is 23.7 Å². The van der Waals surface area contributed by atoms with Crippen molar-refractivity contribution in [2.24, 2.45) is 4.99 Å². The van der Waals surface area contributed by atoms with E-state index in [9.17, 15) is 4.79 Å². The van der Waals surface area contributed by atoms with Crippen molar-refractivity contribution in [3.63, 3.8) is 0 Å². The summed E-state index contributed by atoms with van der Waals surface area (Å²) in [6, 6.07) is 13.0. The first-order valence-electron chi connectivity index (χ1n) is 9.75. The summed E-state index contributed by atoms with van der Waals surface area (Å²) in [5.74, 6) is -0.241. The molecular formula is C23H23ClN2O3. The number of aryl methyl sites for hydroxylation is 1. The van der Waals surface area contributed by atoms with Gasteiger partial charge in [0.2, 0.25) is 5.55 Å². The van der Waals surface area contributed by atoms with Crippen LogP contribution in [0.4, 0.5) is 5.69 Å². The van der Waals surface area contributed by atoms with E-state index in [1.165, 1.54) is 0 Å². The van der Waals surface area contributed by atoms with E-state index in [0.29, 0.717) is 22.7 Å². The molecule has 1 amide bonds. The molecule has 1 atom stereocenters. The number of amides is 1. The van der Waals surface area contributed by atoms with E-state index in [1.54, 1.807) is 24.3 Å². The van der Waals surface area contributed by atoms with Crippen molar-refractivity contribution in [2.75, 3.05) is 13.2 Å². The van der Waals surface area contributed by atoms with Crippen molar-refractivity contribution in [3.8, 4) is 0 Å². The second-order valence-corrected chi connectivity index (χ2v) is 7.76. The van der Waals surface area contributed by atoms with Crippen molar-refractivity contribution < 1.29 is 13.9 Å². The molecule has 1 fully saturated rings. The molecule has 2 heterocycles. The molecule has 0 saturated carbocycles. The number of benzene rings is 2. The Bertz CT molecular complexity index is 1130. The smallest absolute Gasteiger partial charge is 0.256 e. The van der Waals surface area contributed by atoms with Gasteiger partial charge in [0.25, 0.3) is 5.91 Å². The summed E-state index contributed by atoms with van der Waals surface area (Å²) in [5, 5.41) is 4.29. The molecule has 150 valence electrons. The highest BCUT2D eigenvalue weighted by atomic mass is 35.5. The molecule has 1 aliphatic rings. The van der Waals surface area contributed by atoms with E-state index in [4.69, 9.17) is 20.8 Å². The molecule has 4 rings (SSSR count). The molecule has 1 aromatic heterocycles. The third-order valence-corrected chi connectivity index (χ3v) is 5.50. The van der Waals surface area contributed by atoms with Crippen LogP contribution in [0.15, 0.2) is 51.9 Å². The molecule has 1 N–H and O–H groups in total. The Kier molecular flexibility index (Phi) is 5.69. The van der Waals surface area contributed by atoms with E-state index in [0.717, 1.165) is 41.6 Å². The van der Waals surface area contributed by atoms with Gasteiger partial charge in [0.05, 0.1) is 11.8 Å². The molecule has 1 aliphatic heterocycles. The molecule has 0 bridgehead atoms. The first kappa shape index (κ1) is 19.7. The fourth-order valence-corrected chi connectivity index (χ4v) is 3.60. The Labute approximate surface area is 174 Å². The van der Waals surface area contributed by atoms with Crippen LogP contribution in [0, 0.1) is 13.8 Å². The van der Waals surface area contributed by atoms with Crippen LogP contribution in [-0.4, -0.2) is 25.2 Å². The Morgan fingerprint density at radius 3 is 2.90 bits per heavy atom. The quantitative estimate of drug-likeness (QED) is 0.669. The highest BCUT2D eigenvalue weighted by Crippen LogP contribution is 2.22. The lowest BCUT2D eigenvalue weighted by Crippen LogP contribution is -2.34. The molecule has 0 spiro atoms. The number of nitrogens with one attached hydrogen (secondary N) is 1. The number of rotatable bonds is 4. The highest BCUT2D eigenvalue weighted by molar-refractivity contribution is 6.31. The van der Waals surface area contributed by atoms with E-state index >= 15 is 0 Å². The molecule has 0 radical (unpaired) electrons. The Morgan fingerprint density at radius 1 is 1.24 bits per heavy atom. The van der Waals surface area contributed by atoms with Crippen molar-refractivity contribution in [3.05, 3.63) is 69.7 Å². The number of hydrogen-bond acceptors (Lipinski definition) is 4. The molecule has 6 heteroatoms. The number of nitrogens with zero attached hydrogens (tertiary/aromatic N) is 1. The number of halogens is 1. The first-order valence-corrected chi connectivity index (χ1v) is 10.1. The number of carbonyl (C=O) groups is 1. The third-order valence-electron chi connectivity index (χ3n) is 5.27. The zero-order valence-electron chi connectivity index (χ0n) is 16.5. The Morgan fingerprint density at radius 2 is 2.10 bits per heavy atom. The molecule has 0 unspecified atom stereocenters. The normalized spacial score (nSPS) is 17.1. The number of fused-ring (bicyclic) bond motifs is 1. The van der Waals surface area contributed by atoms with Crippen LogP contribution in [0.2, 0.25) is 5.02 Å². The van der Waals surface area contributed by atoms with Gasteiger partial charge >= 0.3 is 0 Å². The van der Waals surface area contributed by atoms with E-state index < -0.39 is 0 Å². The first-order chi connectivity index (χ1) is 14.0. The Hall–Kier alpha value is -2.63. The average Bonchev–Trinajstić information content (AvgIpc) is 3.23. The lowest BCUT2D eigenvalue weighted by Gasteiger charge is -2.11. The molecule has 0 aliphatic carbocycles. The van der Waals surface area contributed by atoms with Crippen molar-refractivity contribution >= 4 is 34.2 Å². The minimum absolute atomic E-state index is 0.0604. The monoisotopic (exact) mass is 410 g/mol. The van der Waals surface area contributed by atoms with Crippen LogP contribution in [0.3, 0.4) is 0 Å². The maximum Gasteiger partial charge on any atom is 0.256 e.